The number of hydrogen-bond acceptors (Lipinski definition) is 4. The highest BCUT2D eigenvalue weighted by Crippen LogP contribution is 2.43. The summed E-state index contributed by atoms with van der Waals surface area (Å²) >= 11 is 0. The molecule has 2 fully saturated rings. The molecule has 0 spiro atoms. The highest BCUT2D eigenvalue weighted by Gasteiger charge is 2.52. The van der Waals surface area contributed by atoms with Crippen LogP contribution in [0.2, 0.25) is 0 Å². The van der Waals surface area contributed by atoms with Crippen LogP contribution < -0.4 is 0 Å². The molecule has 2 aliphatic heterocycles. The molecular weight excluding hydrogens is 407 g/mol. The van der Waals surface area contributed by atoms with Crippen LogP contribution in [0.25, 0.3) is 11.3 Å². The number of carbonyl (C=O) groups excluding carboxylic acids is 1. The van der Waals surface area contributed by atoms with E-state index in [1.807, 2.05) is 24.3 Å². The summed E-state index contributed by atoms with van der Waals surface area (Å²) in [5, 5.41) is 7.09. The van der Waals surface area contributed by atoms with Crippen molar-refractivity contribution in [1.29, 1.82) is 0 Å². The molecule has 7 nitrogen and oxygen atoms in total. The van der Waals surface area contributed by atoms with Crippen LogP contribution in [0.15, 0.2) is 30.3 Å². The van der Waals surface area contributed by atoms with E-state index in [-0.39, 0.29) is 24.9 Å². The van der Waals surface area contributed by atoms with E-state index in [0.29, 0.717) is 30.9 Å². The largest absolute Gasteiger partial charge is 0.336 e. The second-order valence-electron chi connectivity index (χ2n) is 8.48. The second kappa shape index (κ2) is 7.77. The Bertz CT molecular complexity index is 1040. The van der Waals surface area contributed by atoms with Gasteiger partial charge in [-0.2, -0.15) is 5.10 Å². The number of aryl methyl sites for hydroxylation is 1. The van der Waals surface area contributed by atoms with Crippen molar-refractivity contribution in [2.45, 2.75) is 19.8 Å². The number of amides is 1. The molecule has 0 radical (unpaired) electrons. The van der Waals surface area contributed by atoms with Crippen molar-refractivity contribution in [2.75, 3.05) is 39.1 Å². The zero-order chi connectivity index (χ0) is 21.5. The van der Waals surface area contributed by atoms with E-state index in [4.69, 9.17) is 0 Å². The summed E-state index contributed by atoms with van der Waals surface area (Å²) in [6.07, 6.45) is 2.66. The molecule has 3 heterocycles. The minimum absolute atomic E-state index is 0.0477. The highest BCUT2D eigenvalue weighted by atomic mass is 32.2. The minimum Gasteiger partial charge on any atom is -0.336 e. The number of aromatic amines is 1. The monoisotopic (exact) mass is 434 g/mol. The summed E-state index contributed by atoms with van der Waals surface area (Å²) < 4.78 is 39.4. The number of aromatic nitrogens is 2. The van der Waals surface area contributed by atoms with Gasteiger partial charge in [-0.25, -0.2) is 12.7 Å². The van der Waals surface area contributed by atoms with Gasteiger partial charge in [-0.1, -0.05) is 31.2 Å². The highest BCUT2D eigenvalue weighted by molar-refractivity contribution is 7.88. The fourth-order valence-electron chi connectivity index (χ4n) is 4.63. The molecule has 1 N–H and O–H groups in total. The van der Waals surface area contributed by atoms with Gasteiger partial charge in [0.25, 0.3) is 5.91 Å². The first-order chi connectivity index (χ1) is 14.3. The quantitative estimate of drug-likeness (QED) is 0.783. The number of alkyl halides is 1. The van der Waals surface area contributed by atoms with Crippen molar-refractivity contribution >= 4 is 15.9 Å². The Morgan fingerprint density at radius 1 is 1.30 bits per heavy atom. The maximum atomic E-state index is 14.1. The van der Waals surface area contributed by atoms with Gasteiger partial charge in [-0.05, 0) is 30.4 Å². The van der Waals surface area contributed by atoms with Crippen LogP contribution in [-0.4, -0.2) is 72.8 Å². The molecule has 1 aromatic heterocycles. The van der Waals surface area contributed by atoms with E-state index >= 15 is 0 Å². The van der Waals surface area contributed by atoms with Gasteiger partial charge in [0.05, 0.1) is 18.6 Å². The summed E-state index contributed by atoms with van der Waals surface area (Å²) in [6.45, 7) is 2.57. The number of likely N-dealkylation sites (tertiary alicyclic amines) is 1. The maximum Gasteiger partial charge on any atom is 0.271 e. The molecule has 4 rings (SSSR count). The molecule has 30 heavy (non-hydrogen) atoms. The summed E-state index contributed by atoms with van der Waals surface area (Å²) in [7, 11) is -3.39. The first-order valence-corrected chi connectivity index (χ1v) is 12.1. The van der Waals surface area contributed by atoms with Crippen LogP contribution in [0.5, 0.6) is 0 Å². The van der Waals surface area contributed by atoms with Gasteiger partial charge in [0, 0.05) is 37.2 Å². The molecule has 0 bridgehead atoms. The Morgan fingerprint density at radius 2 is 2.03 bits per heavy atom. The normalized spacial score (nSPS) is 24.8. The lowest BCUT2D eigenvalue weighted by Crippen LogP contribution is -2.51. The Kier molecular flexibility index (Phi) is 5.44. The average Bonchev–Trinajstić information content (AvgIpc) is 3.37. The zero-order valence-corrected chi connectivity index (χ0v) is 18.1. The van der Waals surface area contributed by atoms with Crippen molar-refractivity contribution in [3.8, 4) is 11.3 Å². The summed E-state index contributed by atoms with van der Waals surface area (Å²) in [5.41, 5.74) is 2.35. The number of rotatable bonds is 5. The Labute approximate surface area is 176 Å². The zero-order valence-electron chi connectivity index (χ0n) is 17.3. The first kappa shape index (κ1) is 21.0. The molecule has 0 unspecified atom stereocenters. The van der Waals surface area contributed by atoms with E-state index in [9.17, 15) is 17.6 Å². The van der Waals surface area contributed by atoms with Crippen molar-refractivity contribution in [2.24, 2.45) is 11.3 Å². The van der Waals surface area contributed by atoms with Gasteiger partial charge in [-0.15, -0.1) is 0 Å². The predicted octanol–water partition coefficient (Wildman–Crippen LogP) is 2.33. The van der Waals surface area contributed by atoms with Gasteiger partial charge in [-0.3, -0.25) is 14.3 Å². The average molecular weight is 435 g/mol. The number of nitrogens with one attached hydrogen (secondary N) is 1. The van der Waals surface area contributed by atoms with E-state index in [0.717, 1.165) is 18.2 Å². The van der Waals surface area contributed by atoms with Gasteiger partial charge in [0.1, 0.15) is 5.69 Å². The third kappa shape index (κ3) is 3.76. The van der Waals surface area contributed by atoms with Crippen molar-refractivity contribution < 1.29 is 17.6 Å². The number of fused-ring (bicyclic) bond motifs is 1. The molecule has 0 saturated carbocycles. The fraction of sp³-hybridized carbons (Fsp3) is 0.524. The van der Waals surface area contributed by atoms with Crippen molar-refractivity contribution in [3.05, 3.63) is 41.6 Å². The SMILES string of the molecule is CCc1ccc(-c2cc(C(=O)N3C[C@@H]4CCN(S(C)(=O)=O)C[C@]4(CF)C3)[nH]n2)cc1. The number of carbonyl (C=O) groups is 1. The number of sulfonamides is 1. The maximum absolute atomic E-state index is 14.1. The Balaban J connectivity index is 1.51. The van der Waals surface area contributed by atoms with Gasteiger partial charge >= 0.3 is 0 Å². The van der Waals surface area contributed by atoms with Gasteiger partial charge in [0.2, 0.25) is 10.0 Å². The third-order valence-corrected chi connectivity index (χ3v) is 7.77. The Hall–Kier alpha value is -2.26. The summed E-state index contributed by atoms with van der Waals surface area (Å²) in [6, 6.07) is 9.75. The van der Waals surface area contributed by atoms with Crippen LogP contribution in [0.1, 0.15) is 29.4 Å². The minimum atomic E-state index is -3.39. The topological polar surface area (TPSA) is 86.4 Å². The lowest BCUT2D eigenvalue weighted by atomic mass is 9.75. The Morgan fingerprint density at radius 3 is 2.67 bits per heavy atom. The lowest BCUT2D eigenvalue weighted by molar-refractivity contribution is 0.0696. The van der Waals surface area contributed by atoms with Crippen LogP contribution >= 0.6 is 0 Å². The molecule has 2 aliphatic rings. The molecule has 9 heteroatoms. The molecule has 2 atom stereocenters. The first-order valence-electron chi connectivity index (χ1n) is 10.2. The summed E-state index contributed by atoms with van der Waals surface area (Å²) in [4.78, 5) is 14.7. The van der Waals surface area contributed by atoms with Crippen LogP contribution in [0.3, 0.4) is 0 Å². The van der Waals surface area contributed by atoms with E-state index in [1.165, 1.54) is 9.87 Å². The van der Waals surface area contributed by atoms with E-state index < -0.39 is 22.1 Å². The smallest absolute Gasteiger partial charge is 0.271 e. The number of piperidine rings is 1. The number of hydrogen-bond donors (Lipinski definition) is 1. The van der Waals surface area contributed by atoms with Crippen LogP contribution in [-0.2, 0) is 16.4 Å². The second-order valence-corrected chi connectivity index (χ2v) is 10.5. The molecule has 1 aromatic carbocycles. The van der Waals surface area contributed by atoms with Gasteiger partial charge < -0.3 is 4.90 Å². The fourth-order valence-corrected chi connectivity index (χ4v) is 5.56. The van der Waals surface area contributed by atoms with Crippen LogP contribution in [0.4, 0.5) is 4.39 Å². The number of benzene rings is 1. The molecule has 2 saturated heterocycles. The number of nitrogens with zero attached hydrogens (tertiary/aromatic N) is 3. The van der Waals surface area contributed by atoms with Crippen molar-refractivity contribution in [3.63, 3.8) is 0 Å². The van der Waals surface area contributed by atoms with Crippen molar-refractivity contribution in [1.82, 2.24) is 19.4 Å². The van der Waals surface area contributed by atoms with E-state index in [1.54, 1.807) is 11.0 Å². The molecule has 0 aliphatic carbocycles. The molecule has 1 amide bonds. The van der Waals surface area contributed by atoms with Gasteiger partial charge in [0.15, 0.2) is 0 Å². The number of halogens is 1. The summed E-state index contributed by atoms with van der Waals surface area (Å²) in [5.74, 6) is -0.277. The molecule has 2 aromatic rings. The lowest BCUT2D eigenvalue weighted by Gasteiger charge is -2.41. The van der Waals surface area contributed by atoms with Crippen LogP contribution in [0, 0.1) is 11.3 Å². The molecule has 162 valence electrons. The molecular formula is C21H27FN4O3S. The predicted molar refractivity (Wildman–Crippen MR) is 112 cm³/mol. The van der Waals surface area contributed by atoms with E-state index in [2.05, 4.69) is 17.1 Å². The standard InChI is InChI=1S/C21H27FN4O3S/c1-3-15-4-6-16(7-5-15)18-10-19(24-23-18)20(27)25-11-17-8-9-26(30(2,28)29)14-21(17,12-22)13-25/h4-7,10,17H,3,8-9,11-14H2,1-2H3,(H,23,24)/t17-,21-/m0/s1. The number of H-pyrrole nitrogens is 1. The third-order valence-electron chi connectivity index (χ3n) is 6.52.